The SMILES string of the molecule is CC.CC.CC(=O)N(C)c1cccc(C)c1.CC(=O)O.CNc1cccc(C)c1.[B].[B]. The average molecular weight is 426 g/mol. The fourth-order valence-corrected chi connectivity index (χ4v) is 1.82. The second-order valence-electron chi connectivity index (χ2n) is 5.56. The number of aryl methyl sites for hydroxylation is 2. The second kappa shape index (κ2) is 25.3. The van der Waals surface area contributed by atoms with E-state index >= 15 is 0 Å². The van der Waals surface area contributed by atoms with Crippen molar-refractivity contribution in [3.63, 3.8) is 0 Å². The molecule has 0 heterocycles. The minimum atomic E-state index is -0.833. The standard InChI is InChI=1S/C10H13NO.C8H11N.C2H4O2.2C2H6.2B/c1-8-5-4-6-10(7-8)11(3)9(2)12;1-7-4-3-5-8(6-7)9-2;1-2(3)4;2*1-2;;/h4-7H,1-3H3;3-6,9H,1-2H3;1H3,(H,3,4);2*1-2H3;;. The Hall–Kier alpha value is -2.69. The summed E-state index contributed by atoms with van der Waals surface area (Å²) >= 11 is 0. The molecule has 2 N–H and O–H groups in total. The molecule has 0 aliphatic carbocycles. The van der Waals surface area contributed by atoms with Crippen molar-refractivity contribution >= 4 is 40.1 Å². The van der Waals surface area contributed by atoms with Gasteiger partial charge < -0.3 is 15.3 Å². The lowest BCUT2D eigenvalue weighted by Crippen LogP contribution is -2.22. The molecule has 0 unspecified atom stereocenters. The van der Waals surface area contributed by atoms with Crippen LogP contribution >= 0.6 is 0 Å². The third-order valence-corrected chi connectivity index (χ3v) is 3.17. The molecule has 0 bridgehead atoms. The first kappa shape index (κ1) is 38.9. The molecule has 170 valence electrons. The van der Waals surface area contributed by atoms with Crippen LogP contribution in [0.3, 0.4) is 0 Å². The number of hydrogen-bond donors (Lipinski definition) is 2. The summed E-state index contributed by atoms with van der Waals surface area (Å²) in [5.74, 6) is -0.777. The molecule has 0 saturated heterocycles. The molecule has 1 amide bonds. The Kier molecular flexibility index (Phi) is 31.8. The van der Waals surface area contributed by atoms with Gasteiger partial charge in [-0.2, -0.15) is 0 Å². The zero-order valence-corrected chi connectivity index (χ0v) is 21.0. The smallest absolute Gasteiger partial charge is 0.300 e. The van der Waals surface area contributed by atoms with Gasteiger partial charge in [-0.1, -0.05) is 52.0 Å². The van der Waals surface area contributed by atoms with Crippen LogP contribution in [0.1, 0.15) is 52.7 Å². The molecule has 0 saturated carbocycles. The normalized spacial score (nSPS) is 7.55. The van der Waals surface area contributed by atoms with Crippen molar-refractivity contribution in [3.05, 3.63) is 59.7 Å². The van der Waals surface area contributed by atoms with Crippen molar-refractivity contribution in [2.45, 2.75) is 55.4 Å². The maximum absolute atomic E-state index is 11.0. The quantitative estimate of drug-likeness (QED) is 0.632. The molecule has 5 nitrogen and oxygen atoms in total. The number of aliphatic carboxylic acids is 1. The lowest BCUT2D eigenvalue weighted by Gasteiger charge is -2.14. The number of benzene rings is 2. The lowest BCUT2D eigenvalue weighted by atomic mass is 10.2. The van der Waals surface area contributed by atoms with Crippen LogP contribution in [0.15, 0.2) is 48.5 Å². The molecule has 0 atom stereocenters. The van der Waals surface area contributed by atoms with Gasteiger partial charge in [0.1, 0.15) is 0 Å². The summed E-state index contributed by atoms with van der Waals surface area (Å²) in [6.07, 6.45) is 0. The number of hydrogen-bond acceptors (Lipinski definition) is 3. The van der Waals surface area contributed by atoms with Crippen LogP contribution in [0.2, 0.25) is 0 Å². The van der Waals surface area contributed by atoms with Gasteiger partial charge in [0, 0.05) is 56.1 Å². The number of carbonyl (C=O) groups is 2. The van der Waals surface area contributed by atoms with Gasteiger partial charge >= 0.3 is 0 Å². The van der Waals surface area contributed by atoms with Crippen molar-refractivity contribution < 1.29 is 14.7 Å². The van der Waals surface area contributed by atoms with Gasteiger partial charge in [0.15, 0.2) is 0 Å². The zero-order valence-electron chi connectivity index (χ0n) is 21.0. The molecule has 2 rings (SSSR count). The predicted molar refractivity (Wildman–Crippen MR) is 139 cm³/mol. The van der Waals surface area contributed by atoms with E-state index in [0.717, 1.165) is 12.6 Å². The van der Waals surface area contributed by atoms with Gasteiger partial charge in [0.25, 0.3) is 5.97 Å². The number of rotatable bonds is 2. The molecule has 0 spiro atoms. The van der Waals surface area contributed by atoms with E-state index in [1.54, 1.807) is 18.9 Å². The maximum Gasteiger partial charge on any atom is 0.300 e. The summed E-state index contributed by atoms with van der Waals surface area (Å²) in [5.41, 5.74) is 4.58. The molecule has 0 aromatic heterocycles. The van der Waals surface area contributed by atoms with E-state index in [0.29, 0.717) is 0 Å². The van der Waals surface area contributed by atoms with Crippen LogP contribution in [0, 0.1) is 13.8 Å². The number of nitrogens with one attached hydrogen (secondary N) is 1. The van der Waals surface area contributed by atoms with Crippen LogP contribution in [-0.2, 0) is 9.59 Å². The van der Waals surface area contributed by atoms with Crippen LogP contribution < -0.4 is 10.2 Å². The minimum Gasteiger partial charge on any atom is -0.481 e. The van der Waals surface area contributed by atoms with E-state index in [1.807, 2.05) is 78.1 Å². The Morgan fingerprint density at radius 2 is 1.23 bits per heavy atom. The van der Waals surface area contributed by atoms with E-state index in [2.05, 4.69) is 24.4 Å². The molecule has 2 aromatic rings. The van der Waals surface area contributed by atoms with Gasteiger partial charge in [-0.05, 0) is 49.2 Å². The summed E-state index contributed by atoms with van der Waals surface area (Å²) in [7, 11) is 3.70. The fourth-order valence-electron chi connectivity index (χ4n) is 1.82. The molecule has 2 aromatic carbocycles. The van der Waals surface area contributed by atoms with Crippen LogP contribution in [0.25, 0.3) is 0 Å². The molecular formula is C24H40B2N2O3. The Balaban J connectivity index is -0.000000106. The maximum atomic E-state index is 11.0. The van der Waals surface area contributed by atoms with E-state index < -0.39 is 5.97 Å². The lowest BCUT2D eigenvalue weighted by molar-refractivity contribution is -0.134. The number of carboxylic acid groups (broad SMARTS) is 1. The van der Waals surface area contributed by atoms with Gasteiger partial charge in [-0.25, -0.2) is 0 Å². The van der Waals surface area contributed by atoms with E-state index in [9.17, 15) is 4.79 Å². The topological polar surface area (TPSA) is 69.6 Å². The van der Waals surface area contributed by atoms with Crippen LogP contribution in [0.5, 0.6) is 0 Å². The number of amides is 1. The average Bonchev–Trinajstić information content (AvgIpc) is 2.70. The number of carbonyl (C=O) groups excluding carboxylic acids is 1. The second-order valence-corrected chi connectivity index (χ2v) is 5.56. The van der Waals surface area contributed by atoms with Crippen LogP contribution in [-0.4, -0.2) is 47.9 Å². The van der Waals surface area contributed by atoms with Crippen molar-refractivity contribution in [2.75, 3.05) is 24.3 Å². The summed E-state index contributed by atoms with van der Waals surface area (Å²) < 4.78 is 0. The molecule has 0 fully saturated rings. The molecule has 7 heteroatoms. The Morgan fingerprint density at radius 1 is 0.839 bits per heavy atom. The number of nitrogens with zero attached hydrogens (tertiary/aromatic N) is 1. The summed E-state index contributed by atoms with van der Waals surface area (Å²) in [6.45, 7) is 14.7. The fraction of sp³-hybridized carbons (Fsp3) is 0.417. The molecule has 6 radical (unpaired) electrons. The highest BCUT2D eigenvalue weighted by molar-refractivity contribution is 5.90. The van der Waals surface area contributed by atoms with Crippen molar-refractivity contribution in [2.24, 2.45) is 0 Å². The third kappa shape index (κ3) is 23.5. The summed E-state index contributed by atoms with van der Waals surface area (Å²) in [4.78, 5) is 21.6. The predicted octanol–water partition coefficient (Wildman–Crippen LogP) is 5.40. The first-order valence-corrected chi connectivity index (χ1v) is 9.92. The molecular weight excluding hydrogens is 386 g/mol. The Bertz CT molecular complexity index is 692. The van der Waals surface area contributed by atoms with Crippen molar-refractivity contribution in [1.82, 2.24) is 0 Å². The molecule has 0 aliphatic heterocycles. The van der Waals surface area contributed by atoms with Crippen molar-refractivity contribution in [3.8, 4) is 0 Å². The number of carboxylic acids is 1. The van der Waals surface area contributed by atoms with Crippen LogP contribution in [0.4, 0.5) is 11.4 Å². The van der Waals surface area contributed by atoms with E-state index in [1.165, 1.54) is 16.8 Å². The van der Waals surface area contributed by atoms with Gasteiger partial charge in [-0.3, -0.25) is 9.59 Å². The summed E-state index contributed by atoms with van der Waals surface area (Å²) in [5, 5.41) is 10.5. The Labute approximate surface area is 194 Å². The third-order valence-electron chi connectivity index (χ3n) is 3.17. The van der Waals surface area contributed by atoms with Gasteiger partial charge in [0.05, 0.1) is 0 Å². The highest BCUT2D eigenvalue weighted by Crippen LogP contribution is 2.13. The monoisotopic (exact) mass is 426 g/mol. The number of anilines is 2. The van der Waals surface area contributed by atoms with Crippen molar-refractivity contribution in [1.29, 1.82) is 0 Å². The van der Waals surface area contributed by atoms with E-state index in [-0.39, 0.29) is 22.7 Å². The van der Waals surface area contributed by atoms with Gasteiger partial charge in [0.2, 0.25) is 5.91 Å². The largest absolute Gasteiger partial charge is 0.481 e. The first-order valence-electron chi connectivity index (χ1n) is 9.92. The Morgan fingerprint density at radius 3 is 1.52 bits per heavy atom. The minimum absolute atomic E-state index is 0. The van der Waals surface area contributed by atoms with E-state index in [4.69, 9.17) is 9.90 Å². The highest BCUT2D eigenvalue weighted by atomic mass is 16.4. The zero-order chi connectivity index (χ0) is 23.4. The summed E-state index contributed by atoms with van der Waals surface area (Å²) in [6, 6.07) is 16.2. The first-order chi connectivity index (χ1) is 13.7. The molecule has 0 aliphatic rings. The van der Waals surface area contributed by atoms with Gasteiger partial charge in [-0.15, -0.1) is 0 Å². The molecule has 31 heavy (non-hydrogen) atoms. The highest BCUT2D eigenvalue weighted by Gasteiger charge is 2.03.